The molecule has 0 aromatic heterocycles. The number of hydrogen-bond acceptors (Lipinski definition) is 14. The van der Waals surface area contributed by atoms with Crippen molar-refractivity contribution in [2.24, 2.45) is 0 Å². The largest absolute Gasteiger partial charge is 0.460 e. The number of aryl methyl sites for hydroxylation is 2. The highest BCUT2D eigenvalue weighted by Crippen LogP contribution is 2.39. The van der Waals surface area contributed by atoms with Crippen molar-refractivity contribution in [3.05, 3.63) is 215 Å². The molecule has 6 rings (SSSR count). The van der Waals surface area contributed by atoms with E-state index >= 15 is 0 Å². The van der Waals surface area contributed by atoms with Crippen LogP contribution in [-0.2, 0) is 83.5 Å². The van der Waals surface area contributed by atoms with Gasteiger partial charge in [0.1, 0.15) is 26.4 Å². The van der Waals surface area contributed by atoms with Crippen molar-refractivity contribution in [3.8, 4) is 11.1 Å². The van der Waals surface area contributed by atoms with Crippen LogP contribution in [-0.4, -0.2) is 76.7 Å². The van der Waals surface area contributed by atoms with Gasteiger partial charge in [-0.15, -0.1) is 0 Å². The second kappa shape index (κ2) is 30.7. The van der Waals surface area contributed by atoms with Gasteiger partial charge in [0.25, 0.3) is 0 Å². The van der Waals surface area contributed by atoms with Crippen molar-refractivity contribution >= 4 is 58.0 Å². The molecule has 0 aliphatic rings. The van der Waals surface area contributed by atoms with Gasteiger partial charge in [0, 0.05) is 56.4 Å². The zero-order valence-electron chi connectivity index (χ0n) is 46.8. The molecule has 6 aromatic carbocycles. The summed E-state index contributed by atoms with van der Waals surface area (Å²) in [4.78, 5) is 51.6. The maximum absolute atomic E-state index is 11.8. The summed E-state index contributed by atoms with van der Waals surface area (Å²) in [7, 11) is 0. The van der Waals surface area contributed by atoms with Gasteiger partial charge in [-0.25, -0.2) is 19.2 Å². The molecule has 0 saturated carbocycles. The van der Waals surface area contributed by atoms with Crippen LogP contribution < -0.4 is 9.80 Å². The van der Waals surface area contributed by atoms with Gasteiger partial charge in [0.2, 0.25) is 0 Å². The summed E-state index contributed by atoms with van der Waals surface area (Å²) in [6.07, 6.45) is 0. The summed E-state index contributed by atoms with van der Waals surface area (Å²) in [5, 5.41) is 0. The highest BCUT2D eigenvalue weighted by Gasteiger charge is 2.18. The van der Waals surface area contributed by atoms with Crippen molar-refractivity contribution in [3.63, 3.8) is 0 Å². The van der Waals surface area contributed by atoms with Crippen molar-refractivity contribution in [1.29, 1.82) is 0 Å². The number of carbonyl (C=O) groups is 4. The van der Waals surface area contributed by atoms with Crippen molar-refractivity contribution in [2.45, 2.75) is 68.0 Å². The van der Waals surface area contributed by atoms with Gasteiger partial charge < -0.3 is 47.7 Å². The first-order valence-corrected chi connectivity index (χ1v) is 26.3. The van der Waals surface area contributed by atoms with Gasteiger partial charge in [0.05, 0.1) is 52.9 Å². The van der Waals surface area contributed by atoms with Gasteiger partial charge in [-0.1, -0.05) is 87.0 Å². The number of hydrogen-bond donors (Lipinski definition) is 0. The van der Waals surface area contributed by atoms with Crippen LogP contribution in [0.25, 0.3) is 11.1 Å². The van der Waals surface area contributed by atoms with E-state index in [1.165, 1.54) is 0 Å². The average Bonchev–Trinajstić information content (AvgIpc) is 3.45. The Morgan fingerprint density at radius 1 is 0.338 bits per heavy atom. The lowest BCUT2D eigenvalue weighted by molar-refractivity contribution is -0.141. The number of rotatable bonds is 31. The first-order chi connectivity index (χ1) is 38.5. The fourth-order valence-corrected chi connectivity index (χ4v) is 7.96. The average molecular weight is 1090 g/mol. The fourth-order valence-electron chi connectivity index (χ4n) is 7.96. The maximum Gasteiger partial charge on any atom is 0.333 e. The molecule has 0 heterocycles. The lowest BCUT2D eigenvalue weighted by atomic mass is 10.0. The summed E-state index contributed by atoms with van der Waals surface area (Å²) in [6.45, 7) is 28.0. The molecule has 80 heavy (non-hydrogen) atoms. The molecule has 0 bridgehead atoms. The van der Waals surface area contributed by atoms with Gasteiger partial charge in [-0.3, -0.25) is 0 Å². The van der Waals surface area contributed by atoms with Crippen LogP contribution in [0, 0.1) is 13.8 Å². The molecule has 6 aromatic rings. The van der Waals surface area contributed by atoms with Crippen LogP contribution in [0.1, 0.15) is 61.1 Å². The standard InChI is InChI=1S/C66H72N2O12/c1-45(2)63(69)77-35-31-73-41-51-11-21-57(22-12-51)67(61-29-19-55(49(9)39-61)43-75-33-37-79-65(71)47(5)6)59-25-15-53(16-26-59)54-17-27-60(28-18-54)68(58-23-13-52(14-24-58)42-74-32-36-78-64(70)46(3)4)62-30-20-56(50(10)40-62)44-76-34-38-80-66(72)48(7)8/h11-30,39-40H,1,3,5,7,31-38,41-44H2,2,4,6,8-10H3. The third-order valence-corrected chi connectivity index (χ3v) is 12.4. The number of anilines is 6. The van der Waals surface area contributed by atoms with Crippen LogP contribution in [0.4, 0.5) is 34.1 Å². The van der Waals surface area contributed by atoms with Crippen LogP contribution in [0.3, 0.4) is 0 Å². The Hall–Kier alpha value is -8.40. The molecule has 0 atom stereocenters. The second-order valence-electron chi connectivity index (χ2n) is 19.2. The number of benzene rings is 6. The zero-order valence-corrected chi connectivity index (χ0v) is 46.8. The second-order valence-corrected chi connectivity index (χ2v) is 19.2. The summed E-state index contributed by atoms with van der Waals surface area (Å²) >= 11 is 0. The molecular formula is C66H72N2O12. The Morgan fingerprint density at radius 2 is 0.588 bits per heavy atom. The third-order valence-electron chi connectivity index (χ3n) is 12.4. The van der Waals surface area contributed by atoms with E-state index in [-0.39, 0.29) is 52.9 Å². The monoisotopic (exact) mass is 1080 g/mol. The van der Waals surface area contributed by atoms with E-state index in [0.29, 0.717) is 48.7 Å². The van der Waals surface area contributed by atoms with Crippen LogP contribution in [0.5, 0.6) is 0 Å². The summed E-state index contributed by atoms with van der Waals surface area (Å²) in [6, 6.07) is 45.7. The van der Waals surface area contributed by atoms with E-state index in [1.807, 2.05) is 38.1 Å². The lowest BCUT2D eigenvalue weighted by Crippen LogP contribution is -2.12. The quantitative estimate of drug-likeness (QED) is 0.0176. The number of carbonyl (C=O) groups excluding carboxylic acids is 4. The first-order valence-electron chi connectivity index (χ1n) is 26.3. The fraction of sp³-hybridized carbons (Fsp3) is 0.273. The van der Waals surface area contributed by atoms with Crippen molar-refractivity contribution in [1.82, 2.24) is 0 Å². The highest BCUT2D eigenvalue weighted by molar-refractivity contribution is 5.88. The minimum atomic E-state index is -0.442. The third kappa shape index (κ3) is 18.4. The molecule has 0 aliphatic carbocycles. The SMILES string of the molecule is C=C(C)C(=O)OCCOCc1ccc(N(c2ccc(-c3ccc(N(c4ccc(COCCOC(=O)C(=C)C)cc4)c4ccc(COCCOC(=O)C(=C)C)c(C)c4)cc3)cc2)c2ccc(COCCOC(=O)C(=C)C)c(C)c2)cc1. The van der Waals surface area contributed by atoms with E-state index in [2.05, 4.69) is 145 Å². The molecule has 0 aliphatic heterocycles. The molecule has 0 saturated heterocycles. The van der Waals surface area contributed by atoms with E-state index < -0.39 is 23.9 Å². The van der Waals surface area contributed by atoms with E-state index in [0.717, 1.165) is 78.6 Å². The Kier molecular flexibility index (Phi) is 23.3. The Morgan fingerprint density at radius 3 is 0.850 bits per heavy atom. The molecular weight excluding hydrogens is 1010 g/mol. The van der Waals surface area contributed by atoms with E-state index in [9.17, 15) is 19.2 Å². The normalized spacial score (nSPS) is 10.8. The van der Waals surface area contributed by atoms with Gasteiger partial charge in [-0.2, -0.15) is 0 Å². The van der Waals surface area contributed by atoms with Crippen molar-refractivity contribution < 1.29 is 57.1 Å². The Bertz CT molecular complexity index is 2900. The highest BCUT2D eigenvalue weighted by atomic mass is 16.6. The molecule has 0 unspecified atom stereocenters. The minimum Gasteiger partial charge on any atom is -0.460 e. The molecule has 0 radical (unpaired) electrons. The molecule has 0 N–H and O–H groups in total. The Labute approximate surface area is 470 Å². The van der Waals surface area contributed by atoms with Crippen LogP contribution in [0.15, 0.2) is 182 Å². The summed E-state index contributed by atoms with van der Waals surface area (Å²) < 4.78 is 44.1. The predicted molar refractivity (Wildman–Crippen MR) is 312 cm³/mol. The molecule has 14 heteroatoms. The maximum atomic E-state index is 11.8. The van der Waals surface area contributed by atoms with Crippen LogP contribution in [0.2, 0.25) is 0 Å². The first kappa shape index (κ1) is 60.8. The number of esters is 4. The Balaban J connectivity index is 1.22. The molecule has 14 nitrogen and oxygen atoms in total. The van der Waals surface area contributed by atoms with Crippen molar-refractivity contribution in [2.75, 3.05) is 62.7 Å². The van der Waals surface area contributed by atoms with E-state index in [1.54, 1.807) is 27.7 Å². The van der Waals surface area contributed by atoms with Gasteiger partial charge in [0.15, 0.2) is 0 Å². The summed E-state index contributed by atoms with van der Waals surface area (Å²) in [5.74, 6) is -1.77. The molecule has 0 fully saturated rings. The zero-order chi connectivity index (χ0) is 57.6. The predicted octanol–water partition coefficient (Wildman–Crippen LogP) is 13.5. The molecule has 418 valence electrons. The van der Waals surface area contributed by atoms with Gasteiger partial charge in [-0.05, 0) is 159 Å². The number of ether oxygens (including phenoxy) is 8. The lowest BCUT2D eigenvalue weighted by Gasteiger charge is -2.27. The topological polar surface area (TPSA) is 149 Å². The van der Waals surface area contributed by atoms with Crippen LogP contribution >= 0.6 is 0 Å². The minimum absolute atomic E-state index is 0.137. The number of nitrogens with zero attached hydrogens (tertiary/aromatic N) is 2. The molecule has 0 amide bonds. The molecule has 0 spiro atoms. The summed E-state index contributed by atoms with van der Waals surface area (Å²) in [5.41, 5.74) is 15.1. The van der Waals surface area contributed by atoms with Gasteiger partial charge >= 0.3 is 23.9 Å². The van der Waals surface area contributed by atoms with E-state index in [4.69, 9.17) is 37.9 Å². The smallest absolute Gasteiger partial charge is 0.333 e.